The maximum Gasteiger partial charge on any atom is 0.313 e. The predicted molar refractivity (Wildman–Crippen MR) is 55.0 cm³/mol. The van der Waals surface area contributed by atoms with Crippen LogP contribution in [0.3, 0.4) is 0 Å². The smallest absolute Gasteiger partial charge is 0.313 e. The summed E-state index contributed by atoms with van der Waals surface area (Å²) in [5, 5.41) is 0. The summed E-state index contributed by atoms with van der Waals surface area (Å²) < 4.78 is 4.51. The second-order valence-corrected chi connectivity index (χ2v) is 4.85. The first kappa shape index (κ1) is 10.7. The molecule has 84 valence electrons. The van der Waals surface area contributed by atoms with E-state index in [0.29, 0.717) is 12.8 Å². The minimum atomic E-state index is -0.331. The Morgan fingerprint density at radius 2 is 1.47 bits per heavy atom. The summed E-state index contributed by atoms with van der Waals surface area (Å²) in [6.07, 6.45) is 8.48. The summed E-state index contributed by atoms with van der Waals surface area (Å²) in [5.74, 6) is 0.433. The van der Waals surface area contributed by atoms with Gasteiger partial charge in [0.25, 0.3) is 0 Å². The number of cyclic esters (lactones) is 2. The maximum absolute atomic E-state index is 11.0. The van der Waals surface area contributed by atoms with E-state index in [9.17, 15) is 9.59 Å². The molecule has 2 rings (SSSR count). The monoisotopic (exact) mass is 210 g/mol. The molecule has 3 heteroatoms. The van der Waals surface area contributed by atoms with Crippen LogP contribution in [0.15, 0.2) is 0 Å². The third kappa shape index (κ3) is 3.05. The summed E-state index contributed by atoms with van der Waals surface area (Å²) in [6.45, 7) is 0. The van der Waals surface area contributed by atoms with E-state index in [1.807, 2.05) is 0 Å². The quantitative estimate of drug-likeness (QED) is 0.530. The molecule has 15 heavy (non-hydrogen) atoms. The van der Waals surface area contributed by atoms with E-state index in [1.54, 1.807) is 0 Å². The molecule has 0 radical (unpaired) electrons. The molecule has 1 heterocycles. The molecule has 1 aliphatic carbocycles. The normalized spacial score (nSPS) is 24.5. The van der Waals surface area contributed by atoms with Gasteiger partial charge < -0.3 is 4.74 Å². The zero-order valence-electron chi connectivity index (χ0n) is 9.04. The highest BCUT2D eigenvalue weighted by Gasteiger charge is 2.27. The van der Waals surface area contributed by atoms with Gasteiger partial charge in [-0.15, -0.1) is 0 Å². The first-order chi connectivity index (χ1) is 7.24. The molecule has 1 saturated carbocycles. The third-order valence-corrected chi connectivity index (χ3v) is 3.60. The standard InChI is InChI=1S/C12H18O3/c13-11-7-10(8-12(14)15-11)6-5-9-3-1-2-4-9/h9-10H,1-8H2. The van der Waals surface area contributed by atoms with E-state index in [4.69, 9.17) is 0 Å². The van der Waals surface area contributed by atoms with E-state index >= 15 is 0 Å². The van der Waals surface area contributed by atoms with Gasteiger partial charge in [-0.3, -0.25) is 9.59 Å². The van der Waals surface area contributed by atoms with Gasteiger partial charge in [-0.25, -0.2) is 0 Å². The zero-order chi connectivity index (χ0) is 10.7. The van der Waals surface area contributed by atoms with Gasteiger partial charge >= 0.3 is 11.9 Å². The van der Waals surface area contributed by atoms with E-state index in [1.165, 1.54) is 32.1 Å². The van der Waals surface area contributed by atoms with Crippen molar-refractivity contribution in [3.8, 4) is 0 Å². The Labute approximate surface area is 90.2 Å². The van der Waals surface area contributed by atoms with Crippen LogP contribution < -0.4 is 0 Å². The van der Waals surface area contributed by atoms with Crippen LogP contribution in [0.5, 0.6) is 0 Å². The van der Waals surface area contributed by atoms with Crippen LogP contribution in [-0.2, 0) is 14.3 Å². The number of carbonyl (C=O) groups is 2. The predicted octanol–water partition coefficient (Wildman–Crippen LogP) is 2.44. The lowest BCUT2D eigenvalue weighted by Crippen LogP contribution is -2.25. The van der Waals surface area contributed by atoms with Crippen molar-refractivity contribution in [1.29, 1.82) is 0 Å². The number of rotatable bonds is 3. The fourth-order valence-electron chi connectivity index (χ4n) is 2.73. The first-order valence-corrected chi connectivity index (χ1v) is 5.97. The van der Waals surface area contributed by atoms with Gasteiger partial charge in [-0.2, -0.15) is 0 Å². The molecule has 0 spiro atoms. The summed E-state index contributed by atoms with van der Waals surface area (Å²) in [4.78, 5) is 22.1. The number of carbonyl (C=O) groups excluding carboxylic acids is 2. The second kappa shape index (κ2) is 4.77. The van der Waals surface area contributed by atoms with E-state index in [2.05, 4.69) is 4.74 Å². The molecular formula is C12H18O3. The van der Waals surface area contributed by atoms with E-state index < -0.39 is 0 Å². The van der Waals surface area contributed by atoms with Gasteiger partial charge in [0.05, 0.1) is 0 Å². The first-order valence-electron chi connectivity index (χ1n) is 5.97. The van der Waals surface area contributed by atoms with Crippen LogP contribution in [0.4, 0.5) is 0 Å². The SMILES string of the molecule is O=C1CC(CCC2CCCC2)CC(=O)O1. The number of ether oxygens (including phenoxy) is 1. The van der Waals surface area contributed by atoms with Crippen LogP contribution in [0.1, 0.15) is 51.4 Å². The lowest BCUT2D eigenvalue weighted by molar-refractivity contribution is -0.165. The minimum Gasteiger partial charge on any atom is -0.393 e. The Morgan fingerprint density at radius 1 is 0.933 bits per heavy atom. The van der Waals surface area contributed by atoms with Crippen LogP contribution in [-0.4, -0.2) is 11.9 Å². The molecule has 0 aromatic carbocycles. The summed E-state index contributed by atoms with van der Waals surface area (Å²) in [7, 11) is 0. The fraction of sp³-hybridized carbons (Fsp3) is 0.833. The van der Waals surface area contributed by atoms with Crippen molar-refractivity contribution < 1.29 is 14.3 Å². The average Bonchev–Trinajstić information content (AvgIpc) is 2.65. The molecule has 0 aromatic heterocycles. The van der Waals surface area contributed by atoms with E-state index in [0.717, 1.165) is 12.3 Å². The Kier molecular flexibility index (Phi) is 3.39. The lowest BCUT2D eigenvalue weighted by Gasteiger charge is -2.20. The van der Waals surface area contributed by atoms with Crippen molar-refractivity contribution in [3.05, 3.63) is 0 Å². The maximum atomic E-state index is 11.0. The van der Waals surface area contributed by atoms with Crippen LogP contribution in [0.25, 0.3) is 0 Å². The van der Waals surface area contributed by atoms with Crippen LogP contribution >= 0.6 is 0 Å². The largest absolute Gasteiger partial charge is 0.393 e. The van der Waals surface area contributed by atoms with Crippen molar-refractivity contribution in [2.45, 2.75) is 51.4 Å². The number of hydrogen-bond donors (Lipinski definition) is 0. The molecule has 2 aliphatic rings. The molecule has 2 fully saturated rings. The van der Waals surface area contributed by atoms with Crippen molar-refractivity contribution in [1.82, 2.24) is 0 Å². The van der Waals surface area contributed by atoms with Gasteiger partial charge in [-0.1, -0.05) is 32.1 Å². The van der Waals surface area contributed by atoms with Gasteiger partial charge in [0.2, 0.25) is 0 Å². The molecule has 0 bridgehead atoms. The minimum absolute atomic E-state index is 0.249. The molecule has 3 nitrogen and oxygen atoms in total. The summed E-state index contributed by atoms with van der Waals surface area (Å²) in [6, 6.07) is 0. The number of hydrogen-bond acceptors (Lipinski definition) is 3. The summed E-state index contributed by atoms with van der Waals surface area (Å²) >= 11 is 0. The van der Waals surface area contributed by atoms with Crippen LogP contribution in [0, 0.1) is 11.8 Å². The Hall–Kier alpha value is -0.860. The Balaban J connectivity index is 1.73. The highest BCUT2D eigenvalue weighted by atomic mass is 16.6. The summed E-state index contributed by atoms with van der Waals surface area (Å²) in [5.41, 5.74) is 0. The molecule has 0 aromatic rings. The molecule has 0 unspecified atom stereocenters. The van der Waals surface area contributed by atoms with Gasteiger partial charge in [-0.05, 0) is 18.3 Å². The second-order valence-electron chi connectivity index (χ2n) is 4.85. The number of esters is 2. The topological polar surface area (TPSA) is 43.4 Å². The molecular weight excluding hydrogens is 192 g/mol. The van der Waals surface area contributed by atoms with Crippen molar-refractivity contribution in [2.24, 2.45) is 11.8 Å². The van der Waals surface area contributed by atoms with Crippen molar-refractivity contribution in [2.75, 3.05) is 0 Å². The highest BCUT2D eigenvalue weighted by molar-refractivity contribution is 5.88. The van der Waals surface area contributed by atoms with Gasteiger partial charge in [0.1, 0.15) is 0 Å². The fourth-order valence-corrected chi connectivity index (χ4v) is 2.73. The van der Waals surface area contributed by atoms with Gasteiger partial charge in [0, 0.05) is 12.8 Å². The zero-order valence-corrected chi connectivity index (χ0v) is 9.04. The molecule has 0 amide bonds. The lowest BCUT2D eigenvalue weighted by atomic mass is 9.89. The van der Waals surface area contributed by atoms with Crippen LogP contribution in [0.2, 0.25) is 0 Å². The van der Waals surface area contributed by atoms with Gasteiger partial charge in [0.15, 0.2) is 0 Å². The van der Waals surface area contributed by atoms with Crippen molar-refractivity contribution in [3.63, 3.8) is 0 Å². The highest BCUT2D eigenvalue weighted by Crippen LogP contribution is 2.32. The van der Waals surface area contributed by atoms with Crippen molar-refractivity contribution >= 4 is 11.9 Å². The average molecular weight is 210 g/mol. The molecule has 0 N–H and O–H groups in total. The Morgan fingerprint density at radius 3 is 2.07 bits per heavy atom. The van der Waals surface area contributed by atoms with E-state index in [-0.39, 0.29) is 17.9 Å². The molecule has 0 atom stereocenters. The molecule has 1 aliphatic heterocycles. The molecule has 1 saturated heterocycles. The Bertz CT molecular complexity index is 238. The third-order valence-electron chi connectivity index (χ3n) is 3.60.